The van der Waals surface area contributed by atoms with Gasteiger partial charge in [0.15, 0.2) is 11.5 Å². The molecular formula is C16H26O3. The van der Waals surface area contributed by atoms with Crippen LogP contribution in [-0.2, 0) is 5.60 Å². The van der Waals surface area contributed by atoms with Crippen LogP contribution in [0.4, 0.5) is 0 Å². The lowest BCUT2D eigenvalue weighted by Crippen LogP contribution is -2.29. The molecule has 0 aliphatic carbocycles. The molecule has 0 bridgehead atoms. The van der Waals surface area contributed by atoms with E-state index < -0.39 is 5.60 Å². The van der Waals surface area contributed by atoms with Crippen LogP contribution >= 0.6 is 0 Å². The minimum absolute atomic E-state index is 0.180. The van der Waals surface area contributed by atoms with Gasteiger partial charge >= 0.3 is 0 Å². The van der Waals surface area contributed by atoms with Crippen molar-refractivity contribution in [2.75, 3.05) is 13.2 Å². The highest BCUT2D eigenvalue weighted by atomic mass is 16.5. The first kappa shape index (κ1) is 15.8. The van der Waals surface area contributed by atoms with Gasteiger partial charge in [0.2, 0.25) is 0 Å². The zero-order valence-electron chi connectivity index (χ0n) is 12.7. The Bertz CT molecular complexity index is 399. The lowest BCUT2D eigenvalue weighted by molar-refractivity contribution is -0.000236. The summed E-state index contributed by atoms with van der Waals surface area (Å²) < 4.78 is 11.1. The zero-order valence-corrected chi connectivity index (χ0v) is 12.7. The summed E-state index contributed by atoms with van der Waals surface area (Å²) in [5.41, 5.74) is 0.0134. The third-order valence-electron chi connectivity index (χ3n) is 3.70. The molecule has 0 aromatic heterocycles. The predicted octanol–water partition coefficient (Wildman–Crippen LogP) is 3.74. The highest BCUT2D eigenvalue weighted by molar-refractivity contribution is 5.44. The van der Waals surface area contributed by atoms with E-state index in [1.807, 2.05) is 39.0 Å². The lowest BCUT2D eigenvalue weighted by atomic mass is 9.82. The molecule has 0 amide bonds. The summed E-state index contributed by atoms with van der Waals surface area (Å²) in [4.78, 5) is 0. The van der Waals surface area contributed by atoms with E-state index in [2.05, 4.69) is 13.8 Å². The maximum Gasteiger partial charge on any atom is 0.161 e. The van der Waals surface area contributed by atoms with Crippen LogP contribution in [0.3, 0.4) is 0 Å². The first-order valence-electron chi connectivity index (χ1n) is 7.09. The van der Waals surface area contributed by atoms with Gasteiger partial charge in [-0.1, -0.05) is 26.3 Å². The molecule has 0 fully saturated rings. The molecule has 3 nitrogen and oxygen atoms in total. The lowest BCUT2D eigenvalue weighted by Gasteiger charge is -2.30. The maximum absolute atomic E-state index is 10.7. The Kier molecular flexibility index (Phi) is 5.67. The molecular weight excluding hydrogens is 240 g/mol. The summed E-state index contributed by atoms with van der Waals surface area (Å²) in [6.45, 7) is 11.0. The smallest absolute Gasteiger partial charge is 0.161 e. The van der Waals surface area contributed by atoms with Gasteiger partial charge in [0.05, 0.1) is 18.8 Å². The van der Waals surface area contributed by atoms with Crippen molar-refractivity contribution >= 4 is 0 Å². The number of hydrogen-bond donors (Lipinski definition) is 1. The van der Waals surface area contributed by atoms with Crippen molar-refractivity contribution < 1.29 is 14.6 Å². The van der Waals surface area contributed by atoms with Crippen LogP contribution < -0.4 is 9.47 Å². The van der Waals surface area contributed by atoms with E-state index in [0.717, 1.165) is 17.7 Å². The predicted molar refractivity (Wildman–Crippen MR) is 77.8 cm³/mol. The number of hydrogen-bond acceptors (Lipinski definition) is 3. The number of aliphatic hydroxyl groups is 1. The summed E-state index contributed by atoms with van der Waals surface area (Å²) in [5.74, 6) is 1.61. The fourth-order valence-corrected chi connectivity index (χ4v) is 2.05. The molecule has 0 saturated heterocycles. The number of ether oxygens (including phenoxy) is 2. The molecule has 1 aromatic rings. The first-order valence-corrected chi connectivity index (χ1v) is 7.09. The molecule has 19 heavy (non-hydrogen) atoms. The average Bonchev–Trinajstić information content (AvgIpc) is 2.40. The number of rotatable bonds is 7. The monoisotopic (exact) mass is 266 g/mol. The molecule has 0 saturated carbocycles. The summed E-state index contributed by atoms with van der Waals surface area (Å²) in [6, 6.07) is 5.68. The van der Waals surface area contributed by atoms with Crippen molar-refractivity contribution in [3.05, 3.63) is 23.8 Å². The van der Waals surface area contributed by atoms with Crippen LogP contribution in [-0.4, -0.2) is 18.3 Å². The normalized spacial score (nSPS) is 15.7. The topological polar surface area (TPSA) is 38.7 Å². The fraction of sp³-hybridized carbons (Fsp3) is 0.625. The van der Waals surface area contributed by atoms with Crippen LogP contribution in [0.15, 0.2) is 18.2 Å². The Morgan fingerprint density at radius 2 is 1.68 bits per heavy atom. The van der Waals surface area contributed by atoms with Crippen LogP contribution in [0.2, 0.25) is 0 Å². The van der Waals surface area contributed by atoms with E-state index in [-0.39, 0.29) is 5.92 Å². The van der Waals surface area contributed by atoms with Gasteiger partial charge in [-0.2, -0.15) is 0 Å². The minimum atomic E-state index is -0.856. The third-order valence-corrected chi connectivity index (χ3v) is 3.70. The third kappa shape index (κ3) is 3.63. The summed E-state index contributed by atoms with van der Waals surface area (Å²) >= 11 is 0. The molecule has 0 aliphatic rings. The summed E-state index contributed by atoms with van der Waals surface area (Å²) in [7, 11) is 0. The van der Waals surface area contributed by atoms with Gasteiger partial charge in [0.25, 0.3) is 0 Å². The van der Waals surface area contributed by atoms with Crippen molar-refractivity contribution in [1.29, 1.82) is 0 Å². The molecule has 0 spiro atoms. The Hall–Kier alpha value is -1.22. The minimum Gasteiger partial charge on any atom is -0.490 e. The van der Waals surface area contributed by atoms with Crippen molar-refractivity contribution in [2.45, 2.75) is 46.6 Å². The second-order valence-electron chi connectivity index (χ2n) is 4.98. The van der Waals surface area contributed by atoms with Crippen LogP contribution in [0, 0.1) is 5.92 Å². The second kappa shape index (κ2) is 6.80. The summed E-state index contributed by atoms with van der Waals surface area (Å²) in [5, 5.41) is 10.7. The van der Waals surface area contributed by atoms with E-state index in [1.165, 1.54) is 0 Å². The molecule has 2 unspecified atom stereocenters. The van der Waals surface area contributed by atoms with Gasteiger partial charge in [-0.05, 0) is 44.4 Å². The fourth-order valence-electron chi connectivity index (χ4n) is 2.05. The molecule has 1 rings (SSSR count). The van der Waals surface area contributed by atoms with Gasteiger partial charge in [0, 0.05) is 0 Å². The molecule has 3 heteroatoms. The highest BCUT2D eigenvalue weighted by Gasteiger charge is 2.30. The van der Waals surface area contributed by atoms with Gasteiger partial charge in [-0.25, -0.2) is 0 Å². The molecule has 1 N–H and O–H groups in total. The highest BCUT2D eigenvalue weighted by Crippen LogP contribution is 2.37. The van der Waals surface area contributed by atoms with Crippen molar-refractivity contribution in [1.82, 2.24) is 0 Å². The van der Waals surface area contributed by atoms with E-state index >= 15 is 0 Å². The molecule has 0 aliphatic heterocycles. The van der Waals surface area contributed by atoms with Crippen LogP contribution in [0.5, 0.6) is 11.5 Å². The average molecular weight is 266 g/mol. The number of benzene rings is 1. The molecule has 2 atom stereocenters. The van der Waals surface area contributed by atoms with Gasteiger partial charge in [0.1, 0.15) is 0 Å². The molecule has 0 radical (unpaired) electrons. The van der Waals surface area contributed by atoms with Crippen molar-refractivity contribution in [3.63, 3.8) is 0 Å². The van der Waals surface area contributed by atoms with Crippen LogP contribution in [0.1, 0.15) is 46.6 Å². The van der Waals surface area contributed by atoms with E-state index in [4.69, 9.17) is 9.47 Å². The first-order chi connectivity index (χ1) is 8.97. The quantitative estimate of drug-likeness (QED) is 0.817. The Labute approximate surface area is 116 Å². The Balaban J connectivity index is 3.13. The Morgan fingerprint density at radius 3 is 2.21 bits per heavy atom. The largest absolute Gasteiger partial charge is 0.490 e. The van der Waals surface area contributed by atoms with Gasteiger partial charge in [-0.15, -0.1) is 0 Å². The molecule has 1 aromatic carbocycles. The molecule has 108 valence electrons. The molecule has 0 heterocycles. The summed E-state index contributed by atoms with van der Waals surface area (Å²) in [6.07, 6.45) is 0.921. The zero-order chi connectivity index (χ0) is 14.5. The maximum atomic E-state index is 10.7. The standard InChI is InChI=1S/C16H26O3/c1-6-12(4)16(5,17)13-9-10-14(18-7-2)15(11-13)19-8-3/h9-12,17H,6-8H2,1-5H3. The second-order valence-corrected chi connectivity index (χ2v) is 4.98. The van der Waals surface area contributed by atoms with E-state index in [9.17, 15) is 5.11 Å². The van der Waals surface area contributed by atoms with Crippen molar-refractivity contribution in [3.8, 4) is 11.5 Å². The SMILES string of the molecule is CCOc1ccc(C(C)(O)C(C)CC)cc1OCC. The van der Waals surface area contributed by atoms with Gasteiger partial charge < -0.3 is 14.6 Å². The van der Waals surface area contributed by atoms with Crippen LogP contribution in [0.25, 0.3) is 0 Å². The van der Waals surface area contributed by atoms with Crippen molar-refractivity contribution in [2.24, 2.45) is 5.92 Å². The van der Waals surface area contributed by atoms with Gasteiger partial charge in [-0.3, -0.25) is 0 Å². The van der Waals surface area contributed by atoms with E-state index in [0.29, 0.717) is 19.0 Å². The van der Waals surface area contributed by atoms with E-state index in [1.54, 1.807) is 0 Å². The Morgan fingerprint density at radius 1 is 1.11 bits per heavy atom.